The molecule has 0 atom stereocenters. The van der Waals surface area contributed by atoms with E-state index in [1.807, 2.05) is 0 Å². The van der Waals surface area contributed by atoms with Crippen LogP contribution in [0.3, 0.4) is 0 Å². The van der Waals surface area contributed by atoms with Gasteiger partial charge < -0.3 is 4.74 Å². The van der Waals surface area contributed by atoms with E-state index in [0.717, 1.165) is 31.6 Å². The van der Waals surface area contributed by atoms with E-state index >= 15 is 0 Å². The zero-order chi connectivity index (χ0) is 7.40. The molecular formula is C8H13O2. The van der Waals surface area contributed by atoms with Gasteiger partial charge in [0.05, 0.1) is 12.5 Å². The van der Waals surface area contributed by atoms with E-state index in [4.69, 9.17) is 4.74 Å². The molecule has 0 aromatic heterocycles. The van der Waals surface area contributed by atoms with Crippen LogP contribution in [-0.2, 0) is 9.53 Å². The summed E-state index contributed by atoms with van der Waals surface area (Å²) >= 11 is 0. The maximum Gasteiger partial charge on any atom is 0.313 e. The normalized spacial score (nSPS) is 20.7. The van der Waals surface area contributed by atoms with Crippen LogP contribution in [0.1, 0.15) is 32.6 Å². The van der Waals surface area contributed by atoms with E-state index in [1.54, 1.807) is 0 Å². The van der Waals surface area contributed by atoms with Crippen molar-refractivity contribution in [2.24, 2.45) is 0 Å². The summed E-state index contributed by atoms with van der Waals surface area (Å²) in [6, 6.07) is 0. The number of rotatable bonds is 2. The topological polar surface area (TPSA) is 26.3 Å². The number of esters is 1. The maximum atomic E-state index is 10.9. The predicted molar refractivity (Wildman–Crippen MR) is 38.3 cm³/mol. The third kappa shape index (κ3) is 1.72. The van der Waals surface area contributed by atoms with Crippen molar-refractivity contribution in [2.45, 2.75) is 32.6 Å². The summed E-state index contributed by atoms with van der Waals surface area (Å²) in [5.74, 6) is 0.918. The lowest BCUT2D eigenvalue weighted by molar-refractivity contribution is -0.144. The molecule has 1 saturated heterocycles. The zero-order valence-corrected chi connectivity index (χ0v) is 6.35. The summed E-state index contributed by atoms with van der Waals surface area (Å²) in [6.07, 6.45) is 3.93. The third-order valence-electron chi connectivity index (χ3n) is 1.70. The van der Waals surface area contributed by atoms with Gasteiger partial charge in [0.25, 0.3) is 0 Å². The molecule has 1 aliphatic rings. The molecule has 1 heterocycles. The van der Waals surface area contributed by atoms with E-state index in [-0.39, 0.29) is 5.97 Å². The summed E-state index contributed by atoms with van der Waals surface area (Å²) in [7, 11) is 0. The van der Waals surface area contributed by atoms with Crippen LogP contribution < -0.4 is 0 Å². The molecule has 0 aromatic carbocycles. The molecule has 0 bridgehead atoms. The van der Waals surface area contributed by atoms with Crippen molar-refractivity contribution in [3.63, 3.8) is 0 Å². The fraction of sp³-hybridized carbons (Fsp3) is 0.750. The van der Waals surface area contributed by atoms with E-state index in [2.05, 4.69) is 6.92 Å². The molecule has 0 N–H and O–H groups in total. The highest BCUT2D eigenvalue weighted by molar-refractivity contribution is 5.85. The van der Waals surface area contributed by atoms with Crippen LogP contribution in [0.5, 0.6) is 0 Å². The second-order valence-corrected chi connectivity index (χ2v) is 2.59. The quantitative estimate of drug-likeness (QED) is 0.547. The van der Waals surface area contributed by atoms with Gasteiger partial charge in [-0.25, -0.2) is 0 Å². The predicted octanol–water partition coefficient (Wildman–Crippen LogP) is 1.70. The SMILES string of the molecule is CCC[C]1CCCOC1=O. The zero-order valence-electron chi connectivity index (χ0n) is 6.35. The molecule has 0 aromatic rings. The van der Waals surface area contributed by atoms with Crippen LogP contribution in [0.15, 0.2) is 0 Å². The van der Waals surface area contributed by atoms with Gasteiger partial charge in [-0.1, -0.05) is 13.3 Å². The van der Waals surface area contributed by atoms with E-state index in [9.17, 15) is 4.79 Å². The molecule has 10 heavy (non-hydrogen) atoms. The van der Waals surface area contributed by atoms with Gasteiger partial charge in [0.1, 0.15) is 0 Å². The van der Waals surface area contributed by atoms with Gasteiger partial charge in [-0.2, -0.15) is 0 Å². The highest BCUT2D eigenvalue weighted by atomic mass is 16.5. The van der Waals surface area contributed by atoms with Crippen LogP contribution in [0.25, 0.3) is 0 Å². The Morgan fingerprint density at radius 1 is 1.60 bits per heavy atom. The van der Waals surface area contributed by atoms with E-state index in [0.29, 0.717) is 6.61 Å². The first kappa shape index (κ1) is 7.58. The van der Waals surface area contributed by atoms with Gasteiger partial charge in [-0.15, -0.1) is 0 Å². The van der Waals surface area contributed by atoms with Crippen molar-refractivity contribution < 1.29 is 9.53 Å². The van der Waals surface area contributed by atoms with Crippen molar-refractivity contribution in [3.05, 3.63) is 5.92 Å². The van der Waals surface area contributed by atoms with E-state index < -0.39 is 0 Å². The lowest BCUT2D eigenvalue weighted by Gasteiger charge is -2.18. The fourth-order valence-electron chi connectivity index (χ4n) is 1.18. The van der Waals surface area contributed by atoms with Crippen LogP contribution in [0, 0.1) is 5.92 Å². The minimum atomic E-state index is -0.0619. The van der Waals surface area contributed by atoms with Crippen LogP contribution >= 0.6 is 0 Å². The summed E-state index contributed by atoms with van der Waals surface area (Å²) in [5.41, 5.74) is 0. The first-order valence-electron chi connectivity index (χ1n) is 3.86. The highest BCUT2D eigenvalue weighted by Gasteiger charge is 2.23. The number of carbonyl (C=O) groups excluding carboxylic acids is 1. The highest BCUT2D eigenvalue weighted by Crippen LogP contribution is 2.21. The molecule has 0 aliphatic carbocycles. The third-order valence-corrected chi connectivity index (χ3v) is 1.70. The lowest BCUT2D eigenvalue weighted by atomic mass is 9.97. The second kappa shape index (κ2) is 3.59. The van der Waals surface area contributed by atoms with Gasteiger partial charge in [0.15, 0.2) is 0 Å². The number of cyclic esters (lactones) is 1. The molecule has 0 saturated carbocycles. The van der Waals surface area contributed by atoms with Gasteiger partial charge in [-0.05, 0) is 19.3 Å². The Morgan fingerprint density at radius 2 is 2.40 bits per heavy atom. The molecule has 0 amide bonds. The number of ether oxygens (including phenoxy) is 1. The molecule has 0 unspecified atom stereocenters. The maximum absolute atomic E-state index is 10.9. The average Bonchev–Trinajstić information content (AvgIpc) is 1.94. The minimum Gasteiger partial charge on any atom is -0.465 e. The monoisotopic (exact) mass is 141 g/mol. The number of carbonyl (C=O) groups is 1. The van der Waals surface area contributed by atoms with Crippen molar-refractivity contribution in [1.82, 2.24) is 0 Å². The molecule has 1 fully saturated rings. The minimum absolute atomic E-state index is 0.0619. The van der Waals surface area contributed by atoms with Crippen LogP contribution in [0.4, 0.5) is 0 Å². The Morgan fingerprint density at radius 3 is 3.00 bits per heavy atom. The molecule has 57 valence electrons. The molecule has 2 nitrogen and oxygen atoms in total. The smallest absolute Gasteiger partial charge is 0.313 e. The molecule has 2 heteroatoms. The molecule has 1 aliphatic heterocycles. The van der Waals surface area contributed by atoms with Gasteiger partial charge in [-0.3, -0.25) is 4.79 Å². The first-order valence-corrected chi connectivity index (χ1v) is 3.86. The molecule has 0 spiro atoms. The first-order chi connectivity index (χ1) is 4.84. The Kier molecular flexibility index (Phi) is 2.72. The van der Waals surface area contributed by atoms with Crippen molar-refractivity contribution in [1.29, 1.82) is 0 Å². The lowest BCUT2D eigenvalue weighted by Crippen LogP contribution is -2.21. The molecule has 1 radical (unpaired) electrons. The summed E-state index contributed by atoms with van der Waals surface area (Å²) in [6.45, 7) is 2.70. The largest absolute Gasteiger partial charge is 0.465 e. The Hall–Kier alpha value is -0.530. The van der Waals surface area contributed by atoms with Gasteiger partial charge in [0.2, 0.25) is 0 Å². The Bertz CT molecular complexity index is 118. The van der Waals surface area contributed by atoms with Crippen LogP contribution in [-0.4, -0.2) is 12.6 Å². The van der Waals surface area contributed by atoms with Crippen molar-refractivity contribution in [3.8, 4) is 0 Å². The molecular weight excluding hydrogens is 128 g/mol. The van der Waals surface area contributed by atoms with Crippen molar-refractivity contribution >= 4 is 5.97 Å². The average molecular weight is 141 g/mol. The Balaban J connectivity index is 2.32. The van der Waals surface area contributed by atoms with Gasteiger partial charge in [0, 0.05) is 0 Å². The second-order valence-electron chi connectivity index (χ2n) is 2.59. The summed E-state index contributed by atoms with van der Waals surface area (Å²) < 4.78 is 4.87. The van der Waals surface area contributed by atoms with E-state index in [1.165, 1.54) is 0 Å². The number of hydrogen-bond acceptors (Lipinski definition) is 2. The van der Waals surface area contributed by atoms with Crippen molar-refractivity contribution in [2.75, 3.05) is 6.61 Å². The fourth-order valence-corrected chi connectivity index (χ4v) is 1.18. The molecule has 1 rings (SSSR count). The summed E-state index contributed by atoms with van der Waals surface area (Å²) in [5, 5.41) is 0. The Labute approximate surface area is 61.6 Å². The number of hydrogen-bond donors (Lipinski definition) is 0. The van der Waals surface area contributed by atoms with Gasteiger partial charge >= 0.3 is 5.97 Å². The standard InChI is InChI=1S/C8H13O2/c1-2-4-7-5-3-6-10-8(7)9/h2-6H2,1H3. The summed E-state index contributed by atoms with van der Waals surface area (Å²) in [4.78, 5) is 10.9. The van der Waals surface area contributed by atoms with Crippen LogP contribution in [0.2, 0.25) is 0 Å².